The molecular formula is C27H27N3O4. The predicted octanol–water partition coefficient (Wildman–Crippen LogP) is 4.99. The molecule has 2 amide bonds. The number of aromatic nitrogens is 1. The number of aromatic amines is 1. The third kappa shape index (κ3) is 3.65. The molecule has 1 aliphatic heterocycles. The van der Waals surface area contributed by atoms with Gasteiger partial charge in [0.2, 0.25) is 12.7 Å². The molecule has 0 saturated heterocycles. The van der Waals surface area contributed by atoms with Crippen LogP contribution in [0.2, 0.25) is 0 Å². The Labute approximate surface area is 199 Å². The number of H-pyrrole nitrogens is 1. The monoisotopic (exact) mass is 457 g/mol. The van der Waals surface area contributed by atoms with Crippen LogP contribution in [0.15, 0.2) is 72.8 Å². The van der Waals surface area contributed by atoms with Crippen LogP contribution in [-0.4, -0.2) is 23.6 Å². The number of ether oxygens (including phenoxy) is 2. The number of amides is 2. The predicted molar refractivity (Wildman–Crippen MR) is 132 cm³/mol. The van der Waals surface area contributed by atoms with Crippen molar-refractivity contribution in [3.8, 4) is 11.5 Å². The van der Waals surface area contributed by atoms with Gasteiger partial charge in [-0.1, -0.05) is 36.4 Å². The molecule has 3 aromatic carbocycles. The molecule has 4 aromatic rings. The Hall–Kier alpha value is -4.26. The molecule has 3 N–H and O–H groups in total. The fourth-order valence-corrected chi connectivity index (χ4v) is 4.42. The van der Waals surface area contributed by atoms with E-state index in [1.54, 1.807) is 6.07 Å². The summed E-state index contributed by atoms with van der Waals surface area (Å²) in [6.07, 6.45) is 1.58. The van der Waals surface area contributed by atoms with Crippen molar-refractivity contribution in [2.24, 2.45) is 0 Å². The maximum Gasteiger partial charge on any atom is 0.267 e. The van der Waals surface area contributed by atoms with E-state index in [1.165, 1.54) is 0 Å². The van der Waals surface area contributed by atoms with Crippen LogP contribution in [0, 0.1) is 0 Å². The van der Waals surface area contributed by atoms with Crippen LogP contribution < -0.4 is 20.1 Å². The Balaban J connectivity index is 0.00000152. The highest BCUT2D eigenvalue weighted by Gasteiger charge is 2.51. The lowest BCUT2D eigenvalue weighted by Crippen LogP contribution is -2.27. The molecule has 0 unspecified atom stereocenters. The summed E-state index contributed by atoms with van der Waals surface area (Å²) in [6, 6.07) is 22.9. The largest absolute Gasteiger partial charge is 0.454 e. The van der Waals surface area contributed by atoms with Gasteiger partial charge in [-0.15, -0.1) is 0 Å². The second-order valence-electron chi connectivity index (χ2n) is 8.76. The molecule has 1 aromatic heterocycles. The van der Waals surface area contributed by atoms with Crippen molar-refractivity contribution in [2.75, 3.05) is 12.1 Å². The fraction of sp³-hybridized carbons (Fsp3) is 0.185. The molecule has 2 aliphatic rings. The summed E-state index contributed by atoms with van der Waals surface area (Å²) in [4.78, 5) is 29.0. The molecule has 7 nitrogen and oxygen atoms in total. The molecule has 1 aliphatic carbocycles. The van der Waals surface area contributed by atoms with E-state index in [-0.39, 0.29) is 21.5 Å². The quantitative estimate of drug-likeness (QED) is 0.380. The van der Waals surface area contributed by atoms with E-state index in [9.17, 15) is 9.59 Å². The van der Waals surface area contributed by atoms with Gasteiger partial charge in [-0.3, -0.25) is 9.59 Å². The van der Waals surface area contributed by atoms with Crippen molar-refractivity contribution >= 4 is 28.4 Å². The molecule has 1 saturated carbocycles. The lowest BCUT2D eigenvalue weighted by molar-refractivity contribution is -0.118. The molecule has 2 heterocycles. The number of nitrogens with one attached hydrogen (secondary N) is 3. The lowest BCUT2D eigenvalue weighted by atomic mass is 9.94. The van der Waals surface area contributed by atoms with Gasteiger partial charge in [-0.05, 0) is 60.4 Å². The van der Waals surface area contributed by atoms with Gasteiger partial charge in [0, 0.05) is 26.0 Å². The topological polar surface area (TPSA) is 92.5 Å². The zero-order valence-electron chi connectivity index (χ0n) is 18.4. The number of rotatable bonds is 6. The summed E-state index contributed by atoms with van der Waals surface area (Å²) in [6.45, 7) is 0.666. The number of benzene rings is 3. The minimum absolute atomic E-state index is 0. The molecule has 34 heavy (non-hydrogen) atoms. The SMILES string of the molecule is O=C(NCc1ccccc1)c1cc2cc(NC(=O)C3(c4ccc5c(c4)OCO5)CC3)ccc2[nH]1.[HH].[HH]. The van der Waals surface area contributed by atoms with Gasteiger partial charge in [-0.2, -0.15) is 0 Å². The Morgan fingerprint density at radius 2 is 1.76 bits per heavy atom. The van der Waals surface area contributed by atoms with Crippen LogP contribution in [0.4, 0.5) is 5.69 Å². The molecule has 1 fully saturated rings. The number of anilines is 1. The first-order chi connectivity index (χ1) is 16.6. The van der Waals surface area contributed by atoms with Crippen LogP contribution in [-0.2, 0) is 16.8 Å². The first-order valence-electron chi connectivity index (χ1n) is 11.3. The third-order valence-corrected chi connectivity index (χ3v) is 6.53. The van der Waals surface area contributed by atoms with Crippen molar-refractivity contribution in [1.82, 2.24) is 10.3 Å². The van der Waals surface area contributed by atoms with Gasteiger partial charge in [0.1, 0.15) is 5.69 Å². The number of hydrogen-bond acceptors (Lipinski definition) is 4. The Kier molecular flexibility index (Phi) is 4.76. The summed E-state index contributed by atoms with van der Waals surface area (Å²) < 4.78 is 10.9. The highest BCUT2D eigenvalue weighted by molar-refractivity contribution is 6.03. The number of carbonyl (C=O) groups excluding carboxylic acids is 2. The number of carbonyl (C=O) groups is 2. The Bertz CT molecular complexity index is 1420. The van der Waals surface area contributed by atoms with Crippen molar-refractivity contribution < 1.29 is 21.9 Å². The molecule has 0 spiro atoms. The van der Waals surface area contributed by atoms with E-state index >= 15 is 0 Å². The Morgan fingerprint density at radius 3 is 2.59 bits per heavy atom. The van der Waals surface area contributed by atoms with E-state index in [0.29, 0.717) is 29.4 Å². The van der Waals surface area contributed by atoms with Crippen LogP contribution in [0.5, 0.6) is 11.5 Å². The zero-order valence-corrected chi connectivity index (χ0v) is 18.4. The van der Waals surface area contributed by atoms with E-state index in [0.717, 1.165) is 34.9 Å². The summed E-state index contributed by atoms with van der Waals surface area (Å²) in [5.74, 6) is 1.18. The van der Waals surface area contributed by atoms with Gasteiger partial charge < -0.3 is 25.1 Å². The number of fused-ring (bicyclic) bond motifs is 2. The average molecular weight is 458 g/mol. The van der Waals surface area contributed by atoms with Crippen molar-refractivity contribution in [3.05, 3.63) is 89.6 Å². The average Bonchev–Trinajstić information content (AvgIpc) is 3.35. The minimum Gasteiger partial charge on any atom is -0.454 e. The molecule has 7 heteroatoms. The van der Waals surface area contributed by atoms with Gasteiger partial charge in [-0.25, -0.2) is 0 Å². The summed E-state index contributed by atoms with van der Waals surface area (Å²) in [5.41, 5.74) is 3.44. The Morgan fingerprint density at radius 1 is 0.941 bits per heavy atom. The second kappa shape index (κ2) is 7.95. The van der Waals surface area contributed by atoms with Crippen LogP contribution >= 0.6 is 0 Å². The summed E-state index contributed by atoms with van der Waals surface area (Å²) in [5, 5.41) is 6.85. The summed E-state index contributed by atoms with van der Waals surface area (Å²) >= 11 is 0. The highest BCUT2D eigenvalue weighted by Crippen LogP contribution is 2.51. The van der Waals surface area contributed by atoms with E-state index in [4.69, 9.17) is 9.47 Å². The van der Waals surface area contributed by atoms with Crippen molar-refractivity contribution in [2.45, 2.75) is 24.8 Å². The maximum atomic E-state index is 13.2. The van der Waals surface area contributed by atoms with Crippen LogP contribution in [0.25, 0.3) is 10.9 Å². The lowest BCUT2D eigenvalue weighted by Gasteiger charge is -2.16. The first-order valence-corrected chi connectivity index (χ1v) is 11.3. The van der Waals surface area contributed by atoms with Gasteiger partial charge in [0.25, 0.3) is 5.91 Å². The number of hydrogen-bond donors (Lipinski definition) is 3. The molecular weight excluding hydrogens is 430 g/mol. The summed E-state index contributed by atoms with van der Waals surface area (Å²) in [7, 11) is 0. The second-order valence-corrected chi connectivity index (χ2v) is 8.76. The van der Waals surface area contributed by atoms with Crippen LogP contribution in [0.1, 0.15) is 37.3 Å². The minimum atomic E-state index is -0.545. The molecule has 0 radical (unpaired) electrons. The molecule has 0 bridgehead atoms. The van der Waals surface area contributed by atoms with E-state index < -0.39 is 5.41 Å². The first kappa shape index (κ1) is 20.4. The van der Waals surface area contributed by atoms with Crippen molar-refractivity contribution in [1.29, 1.82) is 0 Å². The molecule has 0 atom stereocenters. The third-order valence-electron chi connectivity index (χ3n) is 6.53. The maximum absolute atomic E-state index is 13.2. The highest BCUT2D eigenvalue weighted by atomic mass is 16.7. The van der Waals surface area contributed by atoms with Crippen molar-refractivity contribution in [3.63, 3.8) is 0 Å². The fourth-order valence-electron chi connectivity index (χ4n) is 4.42. The van der Waals surface area contributed by atoms with Gasteiger partial charge in [0.15, 0.2) is 11.5 Å². The smallest absolute Gasteiger partial charge is 0.267 e. The van der Waals surface area contributed by atoms with Gasteiger partial charge >= 0.3 is 0 Å². The molecule has 6 rings (SSSR count). The van der Waals surface area contributed by atoms with Gasteiger partial charge in [0.05, 0.1) is 5.41 Å². The normalized spacial score (nSPS) is 15.2. The zero-order chi connectivity index (χ0) is 23.1. The molecule has 174 valence electrons. The van der Waals surface area contributed by atoms with E-state index in [1.807, 2.05) is 66.7 Å². The van der Waals surface area contributed by atoms with E-state index in [2.05, 4.69) is 15.6 Å². The standard InChI is InChI=1S/C27H23N3O4.2H2/c31-25(28-15-17-4-2-1-3-5-17)22-13-18-12-20(7-8-21(18)30-22)29-26(32)27(10-11-27)19-6-9-23-24(14-19)34-16-33-23;;/h1-9,12-14,30H,10-11,15-16H2,(H,28,31)(H,29,32);2*1H. The van der Waals surface area contributed by atoms with Crippen LogP contribution in [0.3, 0.4) is 0 Å².